The van der Waals surface area contributed by atoms with Crippen LogP contribution in [0.5, 0.6) is 0 Å². The van der Waals surface area contributed by atoms with Gasteiger partial charge in [-0.15, -0.1) is 0 Å². The lowest BCUT2D eigenvalue weighted by atomic mass is 10.1. The number of hydrogen-bond donors (Lipinski definition) is 0. The number of carbonyl (C=O) groups excluding carboxylic acids is 1. The van der Waals surface area contributed by atoms with E-state index in [0.29, 0.717) is 25.1 Å². The first-order valence-corrected chi connectivity index (χ1v) is 8.34. The average molecular weight is 349 g/mol. The number of carbonyl (C=O) groups is 1. The summed E-state index contributed by atoms with van der Waals surface area (Å²) in [5, 5.41) is 3.70. The molecule has 7 heteroatoms. The van der Waals surface area contributed by atoms with Gasteiger partial charge >= 0.3 is 0 Å². The van der Waals surface area contributed by atoms with E-state index in [1.54, 1.807) is 11.1 Å². The van der Waals surface area contributed by atoms with Gasteiger partial charge in [-0.05, 0) is 26.0 Å². The summed E-state index contributed by atoms with van der Waals surface area (Å²) in [5.74, 6) is -0.448. The smallest absolute Gasteiger partial charge is 0.222 e. The van der Waals surface area contributed by atoms with Crippen molar-refractivity contribution in [3.8, 4) is 0 Å². The molecule has 0 spiro atoms. The van der Waals surface area contributed by atoms with Gasteiger partial charge in [0.05, 0.1) is 12.7 Å². The number of rotatable bonds is 5. The maximum absolute atomic E-state index is 13.8. The van der Waals surface area contributed by atoms with Gasteiger partial charge in [0.25, 0.3) is 0 Å². The quantitative estimate of drug-likeness (QED) is 0.833. The Bertz CT molecular complexity index is 721. The van der Waals surface area contributed by atoms with Crippen molar-refractivity contribution in [3.05, 3.63) is 53.4 Å². The maximum Gasteiger partial charge on any atom is 0.222 e. The third kappa shape index (κ3) is 4.42. The van der Waals surface area contributed by atoms with E-state index < -0.39 is 11.6 Å². The molecule has 1 aromatic heterocycles. The Labute approximate surface area is 145 Å². The van der Waals surface area contributed by atoms with Crippen LogP contribution < -0.4 is 0 Å². The van der Waals surface area contributed by atoms with E-state index in [2.05, 4.69) is 10.1 Å². The molecule has 0 N–H and O–H groups in total. The van der Waals surface area contributed by atoms with E-state index in [1.165, 1.54) is 12.1 Å². The fraction of sp³-hybridized carbons (Fsp3) is 0.444. The summed E-state index contributed by atoms with van der Waals surface area (Å²) in [5.41, 5.74) is 0.336. The monoisotopic (exact) mass is 349 g/mol. The maximum atomic E-state index is 13.8. The fourth-order valence-electron chi connectivity index (χ4n) is 3.18. The van der Waals surface area contributed by atoms with Crippen molar-refractivity contribution in [2.24, 2.45) is 0 Å². The number of likely N-dealkylation sites (tertiary alicyclic amines) is 1. The normalized spacial score (nSPS) is 18.6. The molecule has 1 aliphatic heterocycles. The molecular formula is C18H21F2N3O2. The molecule has 3 rings (SSSR count). The summed E-state index contributed by atoms with van der Waals surface area (Å²) >= 11 is 0. The highest BCUT2D eigenvalue weighted by Gasteiger charge is 2.26. The zero-order chi connectivity index (χ0) is 17.8. The summed E-state index contributed by atoms with van der Waals surface area (Å²) in [6.45, 7) is 1.34. The van der Waals surface area contributed by atoms with Gasteiger partial charge in [-0.2, -0.15) is 0 Å². The van der Waals surface area contributed by atoms with Crippen molar-refractivity contribution in [3.63, 3.8) is 0 Å². The molecule has 1 amide bonds. The lowest BCUT2D eigenvalue weighted by Gasteiger charge is -2.26. The standard InChI is InChI=1S/C18H21F2N3O2/c1-22(12-16-6-8-21-25-16)15-4-5-18(24)23(9-7-15)11-13-2-3-14(19)10-17(13)20/h2-3,6,8,10,15H,4-5,7,9,11-12H2,1H3. The van der Waals surface area contributed by atoms with Crippen molar-refractivity contribution >= 4 is 5.91 Å². The van der Waals surface area contributed by atoms with Gasteiger partial charge in [-0.1, -0.05) is 11.2 Å². The second-order valence-corrected chi connectivity index (χ2v) is 6.43. The highest BCUT2D eigenvalue weighted by Crippen LogP contribution is 2.21. The molecule has 1 aromatic carbocycles. The summed E-state index contributed by atoms with van der Waals surface area (Å²) in [4.78, 5) is 16.2. The van der Waals surface area contributed by atoms with Gasteiger partial charge in [0.1, 0.15) is 11.6 Å². The Balaban J connectivity index is 1.61. The molecule has 0 saturated carbocycles. The van der Waals surface area contributed by atoms with Gasteiger partial charge in [-0.25, -0.2) is 8.78 Å². The van der Waals surface area contributed by atoms with Crippen LogP contribution in [0.3, 0.4) is 0 Å². The third-order valence-corrected chi connectivity index (χ3v) is 4.67. The Hall–Kier alpha value is -2.28. The molecule has 0 aliphatic carbocycles. The Morgan fingerprint density at radius 1 is 1.32 bits per heavy atom. The molecule has 134 valence electrons. The molecule has 25 heavy (non-hydrogen) atoms. The van der Waals surface area contributed by atoms with Crippen LogP contribution in [0, 0.1) is 11.6 Å². The number of halogens is 2. The number of aromatic nitrogens is 1. The fourth-order valence-corrected chi connectivity index (χ4v) is 3.18. The summed E-state index contributed by atoms with van der Waals surface area (Å²) in [7, 11) is 1.99. The van der Waals surface area contributed by atoms with Crippen molar-refractivity contribution in [2.75, 3.05) is 13.6 Å². The first-order chi connectivity index (χ1) is 12.0. The number of hydrogen-bond acceptors (Lipinski definition) is 4. The molecule has 0 bridgehead atoms. The van der Waals surface area contributed by atoms with Crippen LogP contribution in [0.25, 0.3) is 0 Å². The summed E-state index contributed by atoms with van der Waals surface area (Å²) in [6.07, 6.45) is 3.55. The molecule has 2 heterocycles. The minimum absolute atomic E-state index is 0.000657. The van der Waals surface area contributed by atoms with Crippen LogP contribution in [0.2, 0.25) is 0 Å². The highest BCUT2D eigenvalue weighted by molar-refractivity contribution is 5.76. The average Bonchev–Trinajstić information content (AvgIpc) is 3.01. The predicted octanol–water partition coefficient (Wildman–Crippen LogP) is 2.97. The molecule has 1 atom stereocenters. The summed E-state index contributed by atoms with van der Waals surface area (Å²) in [6, 6.07) is 5.52. The minimum atomic E-state index is -0.615. The molecule has 0 radical (unpaired) electrons. The van der Waals surface area contributed by atoms with Crippen LogP contribution >= 0.6 is 0 Å². The second kappa shape index (κ2) is 7.74. The largest absolute Gasteiger partial charge is 0.360 e. The van der Waals surface area contributed by atoms with E-state index in [4.69, 9.17) is 4.52 Å². The van der Waals surface area contributed by atoms with E-state index in [-0.39, 0.29) is 18.5 Å². The van der Waals surface area contributed by atoms with Gasteiger partial charge in [0.2, 0.25) is 5.91 Å². The Kier molecular flexibility index (Phi) is 5.43. The lowest BCUT2D eigenvalue weighted by molar-refractivity contribution is -0.131. The minimum Gasteiger partial charge on any atom is -0.360 e. The predicted molar refractivity (Wildman–Crippen MR) is 87.4 cm³/mol. The molecule has 5 nitrogen and oxygen atoms in total. The van der Waals surface area contributed by atoms with E-state index >= 15 is 0 Å². The first-order valence-electron chi connectivity index (χ1n) is 8.34. The van der Waals surface area contributed by atoms with Gasteiger partial charge in [0.15, 0.2) is 5.76 Å². The molecular weight excluding hydrogens is 328 g/mol. The van der Waals surface area contributed by atoms with E-state index in [1.807, 2.05) is 13.1 Å². The van der Waals surface area contributed by atoms with E-state index in [0.717, 1.165) is 24.7 Å². The van der Waals surface area contributed by atoms with Crippen molar-refractivity contribution in [1.29, 1.82) is 0 Å². The zero-order valence-corrected chi connectivity index (χ0v) is 14.1. The molecule has 1 aliphatic rings. The SMILES string of the molecule is CN(Cc1ccno1)C1CCC(=O)N(Cc2ccc(F)cc2F)CC1. The Morgan fingerprint density at radius 3 is 2.88 bits per heavy atom. The molecule has 1 fully saturated rings. The van der Waals surface area contributed by atoms with Crippen molar-refractivity contribution in [2.45, 2.75) is 38.4 Å². The van der Waals surface area contributed by atoms with E-state index in [9.17, 15) is 13.6 Å². The molecule has 1 unspecified atom stereocenters. The van der Waals surface area contributed by atoms with Crippen LogP contribution in [0.1, 0.15) is 30.6 Å². The number of amides is 1. The van der Waals surface area contributed by atoms with Gasteiger partial charge < -0.3 is 9.42 Å². The Morgan fingerprint density at radius 2 is 2.16 bits per heavy atom. The van der Waals surface area contributed by atoms with Crippen LogP contribution in [0.4, 0.5) is 8.78 Å². The molecule has 2 aromatic rings. The zero-order valence-electron chi connectivity index (χ0n) is 14.1. The topological polar surface area (TPSA) is 49.6 Å². The van der Waals surface area contributed by atoms with Crippen molar-refractivity contribution < 1.29 is 18.1 Å². The van der Waals surface area contributed by atoms with Crippen LogP contribution in [-0.2, 0) is 17.9 Å². The molecule has 1 saturated heterocycles. The third-order valence-electron chi connectivity index (χ3n) is 4.67. The van der Waals surface area contributed by atoms with Crippen molar-refractivity contribution in [1.82, 2.24) is 15.0 Å². The van der Waals surface area contributed by atoms with Crippen LogP contribution in [-0.4, -0.2) is 40.5 Å². The summed E-state index contributed by atoms with van der Waals surface area (Å²) < 4.78 is 32.0. The van der Waals surface area contributed by atoms with Crippen LogP contribution in [0.15, 0.2) is 35.0 Å². The highest BCUT2D eigenvalue weighted by atomic mass is 19.1. The van der Waals surface area contributed by atoms with Gasteiger partial charge in [-0.3, -0.25) is 9.69 Å². The first kappa shape index (κ1) is 17.5. The van der Waals surface area contributed by atoms with Gasteiger partial charge in [0, 0.05) is 43.2 Å². The lowest BCUT2D eigenvalue weighted by Crippen LogP contribution is -2.33. The number of benzene rings is 1. The second-order valence-electron chi connectivity index (χ2n) is 6.43. The number of nitrogens with zero attached hydrogens (tertiary/aromatic N) is 3.